The molecule has 0 heterocycles. The largest absolute Gasteiger partial charge is 0.478 e. The van der Waals surface area contributed by atoms with Crippen molar-refractivity contribution in [1.82, 2.24) is 0 Å². The summed E-state index contributed by atoms with van der Waals surface area (Å²) in [6, 6.07) is 24.0. The summed E-state index contributed by atoms with van der Waals surface area (Å²) >= 11 is 0. The third-order valence-electron chi connectivity index (χ3n) is 7.16. The highest BCUT2D eigenvalue weighted by atomic mass is 16.4. The Balaban J connectivity index is 1.51. The molecule has 0 atom stereocenters. The number of aromatic carboxylic acids is 4. The molecular weight excluding hydrogens is 512 g/mol. The van der Waals surface area contributed by atoms with Crippen molar-refractivity contribution in [2.24, 2.45) is 0 Å². The molecule has 4 N–H and O–H groups in total. The van der Waals surface area contributed by atoms with Crippen molar-refractivity contribution in [3.63, 3.8) is 0 Å². The topological polar surface area (TPSA) is 149 Å². The summed E-state index contributed by atoms with van der Waals surface area (Å²) in [5.74, 6) is -5.26. The van der Waals surface area contributed by atoms with E-state index in [2.05, 4.69) is 0 Å². The van der Waals surface area contributed by atoms with Crippen LogP contribution >= 0.6 is 0 Å². The molecule has 0 bridgehead atoms. The minimum Gasteiger partial charge on any atom is -0.478 e. The minimum atomic E-state index is -1.32. The highest BCUT2D eigenvalue weighted by Crippen LogP contribution is 2.40. The molecule has 0 unspecified atom stereocenters. The first kappa shape index (κ1) is 24.6. The number of carbonyl (C=O) groups is 4. The summed E-state index contributed by atoms with van der Waals surface area (Å²) in [5, 5.41) is 43.4. The summed E-state index contributed by atoms with van der Waals surface area (Å²) in [5.41, 5.74) is 1.51. The zero-order chi connectivity index (χ0) is 28.3. The molecule has 8 heteroatoms. The second-order valence-electron chi connectivity index (χ2n) is 9.47. The number of carboxylic acids is 4. The number of hydrogen-bond acceptors (Lipinski definition) is 4. The van der Waals surface area contributed by atoms with Gasteiger partial charge in [-0.3, -0.25) is 0 Å². The van der Waals surface area contributed by atoms with Gasteiger partial charge in [0.15, 0.2) is 0 Å². The Labute approximate surface area is 225 Å². The van der Waals surface area contributed by atoms with Crippen LogP contribution in [-0.2, 0) is 0 Å². The Morgan fingerprint density at radius 1 is 0.350 bits per heavy atom. The zero-order valence-corrected chi connectivity index (χ0v) is 20.5. The Bertz CT molecular complexity index is 1860. The molecule has 0 aromatic heterocycles. The molecule has 8 nitrogen and oxygen atoms in total. The fourth-order valence-corrected chi connectivity index (χ4v) is 5.35. The van der Waals surface area contributed by atoms with Gasteiger partial charge < -0.3 is 20.4 Å². The quantitative estimate of drug-likeness (QED) is 0.174. The Morgan fingerprint density at radius 2 is 0.650 bits per heavy atom. The van der Waals surface area contributed by atoms with Gasteiger partial charge in [0, 0.05) is 0 Å². The molecule has 6 aromatic carbocycles. The Morgan fingerprint density at radius 3 is 0.925 bits per heavy atom. The molecule has 0 radical (unpaired) electrons. The number of benzene rings is 6. The lowest BCUT2D eigenvalue weighted by atomic mass is 9.88. The number of carboxylic acid groups (broad SMARTS) is 4. The van der Waals surface area contributed by atoms with Crippen molar-refractivity contribution in [2.45, 2.75) is 0 Å². The fraction of sp³-hybridized carbons (Fsp3) is 0. The van der Waals surface area contributed by atoms with Crippen LogP contribution in [0.4, 0.5) is 0 Å². The normalized spacial score (nSPS) is 11.3. The lowest BCUT2D eigenvalue weighted by Gasteiger charge is -2.15. The van der Waals surface area contributed by atoms with Gasteiger partial charge in [-0.15, -0.1) is 0 Å². The Kier molecular flexibility index (Phi) is 5.48. The maximum absolute atomic E-state index is 11.7. The smallest absolute Gasteiger partial charge is 0.336 e. The molecule has 194 valence electrons. The standard InChI is InChI=1S/C32H18O8/c33-29(34)23-7-5-15(13-25(23)31(37)38)21-9-17-1-2-18-10-22(12-20-4-3-19(11-21)27(17)28(18)20)16-6-8-24(30(35)36)26(14-16)32(39)40/h1-14H,(H,33,34)(H,35,36)(H,37,38)(H,39,40). The van der Waals surface area contributed by atoms with E-state index in [0.29, 0.717) is 11.1 Å². The monoisotopic (exact) mass is 530 g/mol. The molecule has 0 saturated heterocycles. The van der Waals surface area contributed by atoms with E-state index in [1.54, 1.807) is 12.1 Å². The first-order valence-corrected chi connectivity index (χ1v) is 12.1. The maximum atomic E-state index is 11.7. The van der Waals surface area contributed by atoms with Gasteiger partial charge in [0.1, 0.15) is 0 Å². The highest BCUT2D eigenvalue weighted by Gasteiger charge is 2.19. The molecule has 0 aliphatic carbocycles. The average molecular weight is 530 g/mol. The third-order valence-corrected chi connectivity index (χ3v) is 7.16. The average Bonchev–Trinajstić information content (AvgIpc) is 2.94. The van der Waals surface area contributed by atoms with Gasteiger partial charge in [-0.2, -0.15) is 0 Å². The fourth-order valence-electron chi connectivity index (χ4n) is 5.35. The van der Waals surface area contributed by atoms with E-state index in [0.717, 1.165) is 43.4 Å². The molecule has 6 rings (SSSR count). The van der Waals surface area contributed by atoms with Crippen LogP contribution in [-0.4, -0.2) is 44.3 Å². The van der Waals surface area contributed by atoms with Crippen LogP contribution in [0.1, 0.15) is 41.4 Å². The van der Waals surface area contributed by atoms with Crippen LogP contribution < -0.4 is 0 Å². The molecule has 0 aliphatic heterocycles. The van der Waals surface area contributed by atoms with Crippen LogP contribution in [0.25, 0.3) is 54.6 Å². The van der Waals surface area contributed by atoms with Crippen molar-refractivity contribution >= 4 is 56.2 Å². The predicted octanol–water partition coefficient (Wildman–Crippen LogP) is 6.71. The van der Waals surface area contributed by atoms with E-state index in [1.807, 2.05) is 48.5 Å². The predicted molar refractivity (Wildman–Crippen MR) is 149 cm³/mol. The van der Waals surface area contributed by atoms with Gasteiger partial charge in [-0.05, 0) is 103 Å². The van der Waals surface area contributed by atoms with E-state index >= 15 is 0 Å². The van der Waals surface area contributed by atoms with E-state index in [-0.39, 0.29) is 22.3 Å². The van der Waals surface area contributed by atoms with E-state index in [4.69, 9.17) is 0 Å². The lowest BCUT2D eigenvalue weighted by molar-refractivity contribution is 0.0651. The molecule has 0 aliphatic rings. The van der Waals surface area contributed by atoms with Gasteiger partial charge in [0.2, 0.25) is 0 Å². The van der Waals surface area contributed by atoms with Gasteiger partial charge in [-0.1, -0.05) is 36.4 Å². The molecule has 40 heavy (non-hydrogen) atoms. The van der Waals surface area contributed by atoms with Crippen molar-refractivity contribution in [2.75, 3.05) is 0 Å². The first-order chi connectivity index (χ1) is 19.1. The second kappa shape index (κ2) is 8.92. The first-order valence-electron chi connectivity index (χ1n) is 12.1. The molecule has 0 fully saturated rings. The van der Waals surface area contributed by atoms with Crippen molar-refractivity contribution < 1.29 is 39.6 Å². The minimum absolute atomic E-state index is 0.280. The summed E-state index contributed by atoms with van der Waals surface area (Å²) in [4.78, 5) is 46.3. The third kappa shape index (κ3) is 3.86. The summed E-state index contributed by atoms with van der Waals surface area (Å²) in [7, 11) is 0. The van der Waals surface area contributed by atoms with Crippen molar-refractivity contribution in [1.29, 1.82) is 0 Å². The van der Waals surface area contributed by atoms with Crippen molar-refractivity contribution in [3.05, 3.63) is 107 Å². The van der Waals surface area contributed by atoms with Crippen LogP contribution in [0.3, 0.4) is 0 Å². The second-order valence-corrected chi connectivity index (χ2v) is 9.47. The molecular formula is C32H18O8. The van der Waals surface area contributed by atoms with Gasteiger partial charge >= 0.3 is 23.9 Å². The lowest BCUT2D eigenvalue weighted by Crippen LogP contribution is -2.08. The SMILES string of the molecule is O=C(O)c1ccc(-c2cc3ccc4cc(-c5ccc(C(=O)O)c(C(=O)O)c5)cc5ccc(c2)c3c45)cc1C(=O)O. The number of hydrogen-bond donors (Lipinski definition) is 4. The van der Waals surface area contributed by atoms with E-state index in [9.17, 15) is 39.6 Å². The summed E-state index contributed by atoms with van der Waals surface area (Å²) < 4.78 is 0. The molecule has 0 amide bonds. The van der Waals surface area contributed by atoms with Gasteiger partial charge in [-0.25, -0.2) is 19.2 Å². The van der Waals surface area contributed by atoms with Gasteiger partial charge in [0.05, 0.1) is 22.3 Å². The van der Waals surface area contributed by atoms with Gasteiger partial charge in [0.25, 0.3) is 0 Å². The summed E-state index contributed by atoms with van der Waals surface area (Å²) in [6.07, 6.45) is 0. The Hall–Kier alpha value is -5.76. The van der Waals surface area contributed by atoms with E-state index in [1.165, 1.54) is 24.3 Å². The highest BCUT2D eigenvalue weighted by molar-refractivity contribution is 6.24. The van der Waals surface area contributed by atoms with Crippen LogP contribution in [0, 0.1) is 0 Å². The zero-order valence-electron chi connectivity index (χ0n) is 20.5. The van der Waals surface area contributed by atoms with Crippen molar-refractivity contribution in [3.8, 4) is 22.3 Å². The van der Waals surface area contributed by atoms with E-state index < -0.39 is 23.9 Å². The summed E-state index contributed by atoms with van der Waals surface area (Å²) in [6.45, 7) is 0. The maximum Gasteiger partial charge on any atom is 0.336 e. The van der Waals surface area contributed by atoms with Crippen LogP contribution in [0.2, 0.25) is 0 Å². The molecule has 6 aromatic rings. The van der Waals surface area contributed by atoms with Crippen LogP contribution in [0.5, 0.6) is 0 Å². The molecule has 0 spiro atoms. The number of rotatable bonds is 6. The van der Waals surface area contributed by atoms with Crippen LogP contribution in [0.15, 0.2) is 84.9 Å². The molecule has 0 saturated carbocycles.